The average Bonchev–Trinajstić information content (AvgIpc) is 3.17. The van der Waals surface area contributed by atoms with Gasteiger partial charge in [0.05, 0.1) is 23.4 Å². The molecule has 3 aromatic rings. The van der Waals surface area contributed by atoms with Crippen LogP contribution in [0.25, 0.3) is 0 Å². The van der Waals surface area contributed by atoms with Crippen molar-refractivity contribution in [2.24, 2.45) is 0 Å². The van der Waals surface area contributed by atoms with Crippen LogP contribution in [0.2, 0.25) is 5.02 Å². The lowest BCUT2D eigenvalue weighted by Crippen LogP contribution is -2.30. The Morgan fingerprint density at radius 2 is 1.82 bits per heavy atom. The number of hydrogen-bond acceptors (Lipinski definition) is 5. The van der Waals surface area contributed by atoms with Gasteiger partial charge in [-0.3, -0.25) is 9.59 Å². The Bertz CT molecular complexity index is 991. The number of phenolic OH excluding ortho intramolecular Hbond substituents is 1. The molecule has 2 amide bonds. The molecule has 0 radical (unpaired) electrons. The highest BCUT2D eigenvalue weighted by atomic mass is 35.5. The summed E-state index contributed by atoms with van der Waals surface area (Å²) in [6.07, 6.45) is 0. The van der Waals surface area contributed by atoms with E-state index in [1.165, 1.54) is 29.5 Å². The normalized spacial score (nSPS) is 11.6. The number of rotatable bonds is 6. The summed E-state index contributed by atoms with van der Waals surface area (Å²) in [5, 5.41) is 26.3. The van der Waals surface area contributed by atoms with Gasteiger partial charge < -0.3 is 20.8 Å². The fraction of sp³-hybridized carbons (Fsp3) is 0.100. The van der Waals surface area contributed by atoms with Gasteiger partial charge in [0.15, 0.2) is 0 Å². The van der Waals surface area contributed by atoms with Crippen LogP contribution >= 0.6 is 22.9 Å². The first-order valence-electron chi connectivity index (χ1n) is 8.33. The van der Waals surface area contributed by atoms with E-state index in [9.17, 15) is 19.8 Å². The van der Waals surface area contributed by atoms with E-state index >= 15 is 0 Å². The molecule has 8 heteroatoms. The molecule has 0 unspecified atom stereocenters. The van der Waals surface area contributed by atoms with Gasteiger partial charge in [0.25, 0.3) is 11.8 Å². The van der Waals surface area contributed by atoms with Crippen LogP contribution in [-0.4, -0.2) is 28.6 Å². The predicted octanol–water partition coefficient (Wildman–Crippen LogP) is 3.82. The lowest BCUT2D eigenvalue weighted by molar-refractivity contribution is 0.0921. The molecule has 2 aromatic carbocycles. The topological polar surface area (TPSA) is 98.7 Å². The Kier molecular flexibility index (Phi) is 6.30. The number of anilines is 1. The third kappa shape index (κ3) is 4.51. The summed E-state index contributed by atoms with van der Waals surface area (Å²) < 4.78 is 0. The maximum Gasteiger partial charge on any atom is 0.264 e. The van der Waals surface area contributed by atoms with Crippen LogP contribution in [0, 0.1) is 0 Å². The molecule has 0 aliphatic rings. The molecular formula is C20H17ClN2O4S. The fourth-order valence-corrected chi connectivity index (χ4v) is 3.50. The first kappa shape index (κ1) is 19.9. The quantitative estimate of drug-likeness (QED) is 0.491. The number of nitrogens with one attached hydrogen (secondary N) is 2. The van der Waals surface area contributed by atoms with Gasteiger partial charge in [-0.1, -0.05) is 41.9 Å². The Hall–Kier alpha value is -2.87. The van der Waals surface area contributed by atoms with Gasteiger partial charge in [0, 0.05) is 5.56 Å². The third-order valence-corrected chi connectivity index (χ3v) is 5.24. The number of phenols is 1. The molecule has 28 heavy (non-hydrogen) atoms. The lowest BCUT2D eigenvalue weighted by atomic mass is 10.1. The van der Waals surface area contributed by atoms with E-state index in [1.807, 2.05) is 30.3 Å². The number of amides is 2. The summed E-state index contributed by atoms with van der Waals surface area (Å²) >= 11 is 7.01. The molecule has 144 valence electrons. The Labute approximate surface area is 170 Å². The van der Waals surface area contributed by atoms with E-state index in [4.69, 9.17) is 11.6 Å². The molecule has 0 saturated carbocycles. The van der Waals surface area contributed by atoms with Crippen molar-refractivity contribution in [3.63, 3.8) is 0 Å². The average molecular weight is 417 g/mol. The number of benzene rings is 2. The third-order valence-electron chi connectivity index (χ3n) is 4.02. The minimum absolute atomic E-state index is 0.0598. The monoisotopic (exact) mass is 416 g/mol. The van der Waals surface area contributed by atoms with Crippen LogP contribution in [0.4, 0.5) is 5.69 Å². The van der Waals surface area contributed by atoms with E-state index in [-0.39, 0.29) is 22.9 Å². The molecule has 0 bridgehead atoms. The molecule has 0 aliphatic carbocycles. The summed E-state index contributed by atoms with van der Waals surface area (Å²) in [5.41, 5.74) is 1.37. The van der Waals surface area contributed by atoms with Crippen LogP contribution in [0.5, 0.6) is 5.75 Å². The summed E-state index contributed by atoms with van der Waals surface area (Å²) in [4.78, 5) is 25.4. The van der Waals surface area contributed by atoms with Crippen LogP contribution in [0.1, 0.15) is 31.6 Å². The van der Waals surface area contributed by atoms with Crippen LogP contribution < -0.4 is 10.6 Å². The van der Waals surface area contributed by atoms with Crippen molar-refractivity contribution in [3.8, 4) is 5.75 Å². The van der Waals surface area contributed by atoms with Crippen molar-refractivity contribution >= 4 is 40.4 Å². The van der Waals surface area contributed by atoms with Crippen molar-refractivity contribution in [1.29, 1.82) is 0 Å². The van der Waals surface area contributed by atoms with Gasteiger partial charge in [-0.15, -0.1) is 11.3 Å². The van der Waals surface area contributed by atoms with Crippen molar-refractivity contribution in [3.05, 3.63) is 81.0 Å². The Morgan fingerprint density at radius 1 is 1.07 bits per heavy atom. The molecule has 6 nitrogen and oxygen atoms in total. The van der Waals surface area contributed by atoms with Gasteiger partial charge in [0.1, 0.15) is 10.6 Å². The first-order chi connectivity index (χ1) is 13.5. The number of carbonyl (C=O) groups is 2. The summed E-state index contributed by atoms with van der Waals surface area (Å²) in [5.74, 6) is -0.988. The van der Waals surface area contributed by atoms with E-state index in [1.54, 1.807) is 11.4 Å². The van der Waals surface area contributed by atoms with E-state index in [0.717, 1.165) is 5.56 Å². The van der Waals surface area contributed by atoms with Crippen molar-refractivity contribution < 1.29 is 19.8 Å². The molecule has 0 spiro atoms. The molecule has 3 rings (SSSR count). The maximum atomic E-state index is 12.7. The lowest BCUT2D eigenvalue weighted by Gasteiger charge is -2.17. The number of aliphatic hydroxyl groups is 1. The predicted molar refractivity (Wildman–Crippen MR) is 109 cm³/mol. The van der Waals surface area contributed by atoms with Gasteiger partial charge >= 0.3 is 0 Å². The minimum atomic E-state index is -0.560. The van der Waals surface area contributed by atoms with Crippen LogP contribution in [0.15, 0.2) is 60.0 Å². The van der Waals surface area contributed by atoms with Crippen molar-refractivity contribution in [2.75, 3.05) is 11.9 Å². The number of carbonyl (C=O) groups excluding carboxylic acids is 2. The maximum absolute atomic E-state index is 12.7. The fourth-order valence-electron chi connectivity index (χ4n) is 2.57. The van der Waals surface area contributed by atoms with Gasteiger partial charge in [-0.25, -0.2) is 0 Å². The zero-order valence-electron chi connectivity index (χ0n) is 14.6. The number of thiophene rings is 1. The van der Waals surface area contributed by atoms with Gasteiger partial charge in [-0.2, -0.15) is 0 Å². The second kappa shape index (κ2) is 8.88. The summed E-state index contributed by atoms with van der Waals surface area (Å²) in [6.45, 7) is -0.255. The molecule has 0 fully saturated rings. The summed E-state index contributed by atoms with van der Waals surface area (Å²) in [7, 11) is 0. The first-order valence-corrected chi connectivity index (χ1v) is 9.59. The SMILES string of the molecule is O=C(Nc1ccsc1C(=O)N[C@H](CO)c1ccccc1)c1ccc(O)c(Cl)c1. The molecule has 0 saturated heterocycles. The van der Waals surface area contributed by atoms with Crippen LogP contribution in [0.3, 0.4) is 0 Å². The number of hydrogen-bond donors (Lipinski definition) is 4. The molecule has 1 aromatic heterocycles. The molecular weight excluding hydrogens is 400 g/mol. The van der Waals surface area contributed by atoms with E-state index in [0.29, 0.717) is 10.6 Å². The second-order valence-corrected chi connectivity index (χ2v) is 7.23. The molecule has 0 aliphatic heterocycles. The Morgan fingerprint density at radius 3 is 2.50 bits per heavy atom. The summed E-state index contributed by atoms with van der Waals surface area (Å²) in [6, 6.07) is 14.3. The van der Waals surface area contributed by atoms with Crippen molar-refractivity contribution in [1.82, 2.24) is 5.32 Å². The van der Waals surface area contributed by atoms with E-state index < -0.39 is 17.9 Å². The largest absolute Gasteiger partial charge is 0.506 e. The number of aliphatic hydroxyl groups excluding tert-OH is 1. The zero-order valence-corrected chi connectivity index (χ0v) is 16.1. The highest BCUT2D eigenvalue weighted by Gasteiger charge is 2.20. The molecule has 1 atom stereocenters. The molecule has 4 N–H and O–H groups in total. The standard InChI is InChI=1S/C20H17ClN2O4S/c21-14-10-13(6-7-17(14)25)19(26)22-15-8-9-28-18(15)20(27)23-16(11-24)12-4-2-1-3-5-12/h1-10,16,24-25H,11H2,(H,22,26)(H,23,27)/t16-/m1/s1. The van der Waals surface area contributed by atoms with Gasteiger partial charge in [-0.05, 0) is 35.2 Å². The van der Waals surface area contributed by atoms with Crippen LogP contribution in [-0.2, 0) is 0 Å². The minimum Gasteiger partial charge on any atom is -0.506 e. The smallest absolute Gasteiger partial charge is 0.264 e. The number of aromatic hydroxyl groups is 1. The van der Waals surface area contributed by atoms with Crippen molar-refractivity contribution in [2.45, 2.75) is 6.04 Å². The Balaban J connectivity index is 1.74. The van der Waals surface area contributed by atoms with E-state index in [2.05, 4.69) is 10.6 Å². The highest BCUT2D eigenvalue weighted by molar-refractivity contribution is 7.12. The second-order valence-electron chi connectivity index (χ2n) is 5.90. The zero-order chi connectivity index (χ0) is 20.1. The molecule has 1 heterocycles. The highest BCUT2D eigenvalue weighted by Crippen LogP contribution is 2.26. The van der Waals surface area contributed by atoms with Gasteiger partial charge in [0.2, 0.25) is 0 Å². The number of halogens is 1.